The molecule has 1 aromatic heterocycles. The monoisotopic (exact) mass is 410 g/mol. The van der Waals surface area contributed by atoms with Gasteiger partial charge in [0, 0.05) is 10.2 Å². The number of rotatable bonds is 6. The maximum atomic E-state index is 6.03. The predicted molar refractivity (Wildman–Crippen MR) is 93.8 cm³/mol. The second kappa shape index (κ2) is 7.86. The van der Waals surface area contributed by atoms with Crippen molar-refractivity contribution in [3.8, 4) is 5.75 Å². The topological polar surface area (TPSA) is 48.2 Å². The molecule has 0 bridgehead atoms. The van der Waals surface area contributed by atoms with Crippen LogP contribution < -0.4 is 4.74 Å². The Morgan fingerprint density at radius 2 is 2.00 bits per heavy atom. The highest BCUT2D eigenvalue weighted by atomic mass is 79.9. The van der Waals surface area contributed by atoms with E-state index in [2.05, 4.69) is 38.3 Å². The Morgan fingerprint density at radius 1 is 1.13 bits per heavy atom. The summed E-state index contributed by atoms with van der Waals surface area (Å²) in [6.45, 7) is 0.189. The van der Waals surface area contributed by atoms with Crippen LogP contribution in [0.15, 0.2) is 62.6 Å². The number of ether oxygens (including phenoxy) is 1. The number of nitrogens with zero attached hydrogens (tertiary/aromatic N) is 2. The lowest BCUT2D eigenvalue weighted by Gasteiger charge is -2.04. The van der Waals surface area contributed by atoms with E-state index in [-0.39, 0.29) is 6.61 Å². The Bertz CT molecular complexity index is 797. The molecule has 0 unspecified atom stereocenters. The van der Waals surface area contributed by atoms with E-state index in [1.807, 2.05) is 24.3 Å². The van der Waals surface area contributed by atoms with E-state index < -0.39 is 0 Å². The van der Waals surface area contributed by atoms with Crippen molar-refractivity contribution in [1.29, 1.82) is 0 Å². The Labute approximate surface area is 151 Å². The van der Waals surface area contributed by atoms with Crippen LogP contribution in [0.4, 0.5) is 0 Å². The molecule has 0 aliphatic heterocycles. The third-order valence-corrected chi connectivity index (χ3v) is 4.58. The second-order valence-electron chi connectivity index (χ2n) is 4.60. The fourth-order valence-electron chi connectivity index (χ4n) is 1.83. The van der Waals surface area contributed by atoms with E-state index in [0.717, 1.165) is 10.2 Å². The van der Waals surface area contributed by atoms with Crippen molar-refractivity contribution in [2.75, 3.05) is 0 Å². The van der Waals surface area contributed by atoms with Crippen LogP contribution >= 0.6 is 39.3 Å². The third kappa shape index (κ3) is 4.73. The van der Waals surface area contributed by atoms with Gasteiger partial charge >= 0.3 is 0 Å². The summed E-state index contributed by atoms with van der Waals surface area (Å²) in [7, 11) is 0. The highest BCUT2D eigenvalue weighted by Gasteiger charge is 2.09. The predicted octanol–water partition coefficient (Wildman–Crippen LogP) is 5.36. The van der Waals surface area contributed by atoms with Gasteiger partial charge in [-0.1, -0.05) is 63.6 Å². The van der Waals surface area contributed by atoms with E-state index in [4.69, 9.17) is 20.8 Å². The van der Waals surface area contributed by atoms with E-state index in [0.29, 0.717) is 21.9 Å². The molecule has 2 aromatic carbocycles. The molecular weight excluding hydrogens is 400 g/mol. The molecule has 3 rings (SSSR count). The van der Waals surface area contributed by atoms with Crippen molar-refractivity contribution in [1.82, 2.24) is 10.2 Å². The minimum atomic E-state index is 0.189. The Balaban J connectivity index is 1.55. The van der Waals surface area contributed by atoms with Gasteiger partial charge in [-0.25, -0.2) is 0 Å². The van der Waals surface area contributed by atoms with Crippen molar-refractivity contribution in [2.24, 2.45) is 0 Å². The summed E-state index contributed by atoms with van der Waals surface area (Å²) in [6.07, 6.45) is 0. The zero-order chi connectivity index (χ0) is 16.1. The van der Waals surface area contributed by atoms with Crippen LogP contribution in [0, 0.1) is 0 Å². The Morgan fingerprint density at radius 3 is 2.83 bits per heavy atom. The van der Waals surface area contributed by atoms with Crippen LogP contribution in [-0.2, 0) is 12.4 Å². The smallest absolute Gasteiger partial charge is 0.277 e. The van der Waals surface area contributed by atoms with Crippen LogP contribution in [0.25, 0.3) is 0 Å². The summed E-state index contributed by atoms with van der Waals surface area (Å²) in [5.74, 6) is 1.77. The first-order valence-corrected chi connectivity index (χ1v) is 8.93. The van der Waals surface area contributed by atoms with Crippen LogP contribution in [0.1, 0.15) is 11.5 Å². The molecule has 3 aromatic rings. The Hall–Kier alpha value is -1.50. The lowest BCUT2D eigenvalue weighted by Crippen LogP contribution is -1.95. The lowest BCUT2D eigenvalue weighted by molar-refractivity contribution is 0.252. The van der Waals surface area contributed by atoms with Crippen molar-refractivity contribution < 1.29 is 9.15 Å². The molecule has 23 heavy (non-hydrogen) atoms. The average Bonchev–Trinajstić information content (AvgIpc) is 3.00. The van der Waals surface area contributed by atoms with Gasteiger partial charge in [-0.3, -0.25) is 0 Å². The van der Waals surface area contributed by atoms with Crippen molar-refractivity contribution in [2.45, 2.75) is 17.6 Å². The van der Waals surface area contributed by atoms with E-state index in [1.165, 1.54) is 17.3 Å². The fourth-order valence-corrected chi connectivity index (χ4v) is 3.19. The van der Waals surface area contributed by atoms with Gasteiger partial charge < -0.3 is 9.15 Å². The summed E-state index contributed by atoms with van der Waals surface area (Å²) < 4.78 is 12.2. The fraction of sp³-hybridized carbons (Fsp3) is 0.125. The molecular formula is C16H12BrClN2O2S. The van der Waals surface area contributed by atoms with Gasteiger partial charge in [0.1, 0.15) is 5.75 Å². The minimum absolute atomic E-state index is 0.189. The standard InChI is InChI=1S/C16H12BrClN2O2S/c17-12-5-3-4-11(8-12)10-23-16-20-19-15(22-16)9-21-14-7-2-1-6-13(14)18/h1-8H,9-10H2. The molecule has 0 spiro atoms. The van der Waals surface area contributed by atoms with Gasteiger partial charge in [0.2, 0.25) is 0 Å². The Kier molecular flexibility index (Phi) is 5.59. The van der Waals surface area contributed by atoms with E-state index >= 15 is 0 Å². The number of thioether (sulfide) groups is 1. The largest absolute Gasteiger partial charge is 0.482 e. The summed E-state index contributed by atoms with van der Waals surface area (Å²) in [5, 5.41) is 9.05. The third-order valence-electron chi connectivity index (χ3n) is 2.89. The summed E-state index contributed by atoms with van der Waals surface area (Å²) >= 11 is 11.0. The number of hydrogen-bond acceptors (Lipinski definition) is 5. The molecule has 0 amide bonds. The highest BCUT2D eigenvalue weighted by Crippen LogP contribution is 2.25. The molecule has 118 valence electrons. The van der Waals surface area contributed by atoms with Crippen molar-refractivity contribution in [3.63, 3.8) is 0 Å². The van der Waals surface area contributed by atoms with Gasteiger partial charge in [-0.15, -0.1) is 10.2 Å². The zero-order valence-corrected chi connectivity index (χ0v) is 15.1. The molecule has 0 aliphatic rings. The summed E-state index contributed by atoms with van der Waals surface area (Å²) in [5.41, 5.74) is 1.18. The van der Waals surface area contributed by atoms with Gasteiger partial charge in [0.15, 0.2) is 6.61 Å². The molecule has 7 heteroatoms. The molecule has 1 heterocycles. The van der Waals surface area contributed by atoms with Gasteiger partial charge in [-0.05, 0) is 29.8 Å². The van der Waals surface area contributed by atoms with Gasteiger partial charge in [0.25, 0.3) is 11.1 Å². The van der Waals surface area contributed by atoms with Crippen molar-refractivity contribution >= 4 is 39.3 Å². The van der Waals surface area contributed by atoms with Gasteiger partial charge in [-0.2, -0.15) is 0 Å². The lowest BCUT2D eigenvalue weighted by atomic mass is 10.2. The molecule has 0 radical (unpaired) electrons. The van der Waals surface area contributed by atoms with Crippen molar-refractivity contribution in [3.05, 3.63) is 69.5 Å². The number of hydrogen-bond donors (Lipinski definition) is 0. The summed E-state index contributed by atoms with van der Waals surface area (Å²) in [4.78, 5) is 0. The van der Waals surface area contributed by atoms with E-state index in [1.54, 1.807) is 12.1 Å². The number of aromatic nitrogens is 2. The molecule has 0 atom stereocenters. The van der Waals surface area contributed by atoms with Crippen LogP contribution in [0.2, 0.25) is 5.02 Å². The summed E-state index contributed by atoms with van der Waals surface area (Å²) in [6, 6.07) is 15.4. The number of benzene rings is 2. The SMILES string of the molecule is Clc1ccccc1OCc1nnc(SCc2cccc(Br)c2)o1. The molecule has 0 aliphatic carbocycles. The van der Waals surface area contributed by atoms with E-state index in [9.17, 15) is 0 Å². The first-order chi connectivity index (χ1) is 11.2. The number of para-hydroxylation sites is 1. The van der Waals surface area contributed by atoms with Crippen LogP contribution in [0.3, 0.4) is 0 Å². The quantitative estimate of drug-likeness (QED) is 0.511. The average molecular weight is 412 g/mol. The zero-order valence-electron chi connectivity index (χ0n) is 11.9. The maximum Gasteiger partial charge on any atom is 0.277 e. The highest BCUT2D eigenvalue weighted by molar-refractivity contribution is 9.10. The maximum absolute atomic E-state index is 6.03. The second-order valence-corrected chi connectivity index (χ2v) is 6.85. The van der Waals surface area contributed by atoms with Crippen LogP contribution in [0.5, 0.6) is 5.75 Å². The van der Waals surface area contributed by atoms with Gasteiger partial charge in [0.05, 0.1) is 5.02 Å². The molecule has 0 fully saturated rings. The normalized spacial score (nSPS) is 10.7. The minimum Gasteiger partial charge on any atom is -0.482 e. The van der Waals surface area contributed by atoms with Crippen LogP contribution in [-0.4, -0.2) is 10.2 Å². The molecule has 0 N–H and O–H groups in total. The molecule has 0 saturated heterocycles. The first-order valence-electron chi connectivity index (χ1n) is 6.77. The first kappa shape index (κ1) is 16.4. The molecule has 4 nitrogen and oxygen atoms in total. The molecule has 0 saturated carbocycles. The number of halogens is 2.